The summed E-state index contributed by atoms with van der Waals surface area (Å²) in [6.07, 6.45) is 5.90. The van der Waals surface area contributed by atoms with Crippen LogP contribution in [0, 0.1) is 12.7 Å². The predicted octanol–water partition coefficient (Wildman–Crippen LogP) is 3.60. The normalized spacial score (nSPS) is 15.0. The van der Waals surface area contributed by atoms with Crippen molar-refractivity contribution in [3.63, 3.8) is 0 Å². The number of hydrogen-bond donors (Lipinski definition) is 2. The molecule has 0 aliphatic heterocycles. The summed E-state index contributed by atoms with van der Waals surface area (Å²) in [5, 5.41) is 6.05. The molecule has 1 aliphatic carbocycles. The summed E-state index contributed by atoms with van der Waals surface area (Å²) in [6, 6.07) is 8.40. The van der Waals surface area contributed by atoms with E-state index in [0.717, 1.165) is 18.5 Å². The Morgan fingerprint density at radius 1 is 1.20 bits per heavy atom. The number of rotatable bonds is 5. The van der Waals surface area contributed by atoms with E-state index in [4.69, 9.17) is 0 Å². The monoisotopic (exact) mass is 342 g/mol. The minimum Gasteiger partial charge on any atom is -0.351 e. The SMILES string of the molecule is Cc1cc(C(=O)NCc2ccccc2F)nc(NC2CCCCC2)n1. The van der Waals surface area contributed by atoms with Crippen LogP contribution in [0.3, 0.4) is 0 Å². The van der Waals surface area contributed by atoms with Crippen LogP contribution in [-0.2, 0) is 6.54 Å². The molecule has 0 unspecified atom stereocenters. The first-order valence-electron chi connectivity index (χ1n) is 8.75. The van der Waals surface area contributed by atoms with Gasteiger partial charge in [-0.1, -0.05) is 37.5 Å². The van der Waals surface area contributed by atoms with E-state index in [1.165, 1.54) is 25.3 Å². The van der Waals surface area contributed by atoms with Gasteiger partial charge < -0.3 is 10.6 Å². The highest BCUT2D eigenvalue weighted by Gasteiger charge is 2.16. The molecule has 0 spiro atoms. The van der Waals surface area contributed by atoms with Crippen LogP contribution in [0.4, 0.5) is 10.3 Å². The van der Waals surface area contributed by atoms with Crippen molar-refractivity contribution >= 4 is 11.9 Å². The number of benzene rings is 1. The Labute approximate surface area is 147 Å². The lowest BCUT2D eigenvalue weighted by Gasteiger charge is -2.23. The molecule has 132 valence electrons. The van der Waals surface area contributed by atoms with Crippen molar-refractivity contribution in [3.05, 3.63) is 53.1 Å². The van der Waals surface area contributed by atoms with Gasteiger partial charge in [-0.05, 0) is 31.9 Å². The number of hydrogen-bond acceptors (Lipinski definition) is 4. The molecule has 2 N–H and O–H groups in total. The lowest BCUT2D eigenvalue weighted by Crippen LogP contribution is -2.27. The van der Waals surface area contributed by atoms with Gasteiger partial charge in [0, 0.05) is 23.8 Å². The van der Waals surface area contributed by atoms with E-state index in [-0.39, 0.29) is 18.3 Å². The van der Waals surface area contributed by atoms with Crippen LogP contribution in [0.2, 0.25) is 0 Å². The van der Waals surface area contributed by atoms with Gasteiger partial charge in [-0.2, -0.15) is 0 Å². The summed E-state index contributed by atoms with van der Waals surface area (Å²) in [5.41, 5.74) is 1.47. The van der Waals surface area contributed by atoms with Gasteiger partial charge in [0.2, 0.25) is 5.95 Å². The van der Waals surface area contributed by atoms with Crippen molar-refractivity contribution in [1.82, 2.24) is 15.3 Å². The molecular formula is C19H23FN4O. The Morgan fingerprint density at radius 2 is 1.96 bits per heavy atom. The third kappa shape index (κ3) is 4.75. The highest BCUT2D eigenvalue weighted by Crippen LogP contribution is 2.20. The zero-order valence-electron chi connectivity index (χ0n) is 14.4. The van der Waals surface area contributed by atoms with Gasteiger partial charge in [-0.3, -0.25) is 4.79 Å². The first kappa shape index (κ1) is 17.3. The number of anilines is 1. The van der Waals surface area contributed by atoms with Crippen LogP contribution in [0.25, 0.3) is 0 Å². The molecule has 1 amide bonds. The van der Waals surface area contributed by atoms with E-state index in [0.29, 0.717) is 23.2 Å². The zero-order chi connectivity index (χ0) is 17.6. The number of nitrogens with zero attached hydrogens (tertiary/aromatic N) is 2. The van der Waals surface area contributed by atoms with Crippen molar-refractivity contribution < 1.29 is 9.18 Å². The van der Waals surface area contributed by atoms with Crippen molar-refractivity contribution in [2.75, 3.05) is 5.32 Å². The van der Waals surface area contributed by atoms with Gasteiger partial charge in [0.25, 0.3) is 5.91 Å². The van der Waals surface area contributed by atoms with Crippen LogP contribution in [0.1, 0.15) is 53.8 Å². The Balaban J connectivity index is 1.66. The fourth-order valence-corrected chi connectivity index (χ4v) is 3.09. The zero-order valence-corrected chi connectivity index (χ0v) is 14.4. The minimum atomic E-state index is -0.333. The van der Waals surface area contributed by atoms with Crippen LogP contribution in [-0.4, -0.2) is 21.9 Å². The van der Waals surface area contributed by atoms with Crippen molar-refractivity contribution in [3.8, 4) is 0 Å². The predicted molar refractivity (Wildman–Crippen MR) is 94.8 cm³/mol. The Hall–Kier alpha value is -2.50. The van der Waals surface area contributed by atoms with Gasteiger partial charge in [0.05, 0.1) is 0 Å². The number of aromatic nitrogens is 2. The Morgan fingerprint density at radius 3 is 2.72 bits per heavy atom. The Kier molecular flexibility index (Phi) is 5.58. The number of halogens is 1. The molecule has 0 atom stereocenters. The average molecular weight is 342 g/mol. The third-order valence-corrected chi connectivity index (χ3v) is 4.42. The van der Waals surface area contributed by atoms with Crippen LogP contribution >= 0.6 is 0 Å². The first-order valence-corrected chi connectivity index (χ1v) is 8.75. The van der Waals surface area contributed by atoms with Gasteiger partial charge in [-0.25, -0.2) is 14.4 Å². The summed E-state index contributed by atoms with van der Waals surface area (Å²) in [5.74, 6) is -0.176. The molecule has 25 heavy (non-hydrogen) atoms. The molecule has 6 heteroatoms. The number of aryl methyl sites for hydroxylation is 1. The molecule has 1 aromatic carbocycles. The summed E-state index contributed by atoms with van der Waals surface area (Å²) >= 11 is 0. The Bertz CT molecular complexity index is 744. The van der Waals surface area contributed by atoms with E-state index in [2.05, 4.69) is 20.6 Å². The molecule has 0 radical (unpaired) electrons. The first-order chi connectivity index (χ1) is 12.1. The number of amides is 1. The topological polar surface area (TPSA) is 66.9 Å². The van der Waals surface area contributed by atoms with E-state index < -0.39 is 0 Å². The quantitative estimate of drug-likeness (QED) is 0.871. The molecule has 1 heterocycles. The number of carbonyl (C=O) groups is 1. The van der Waals surface area contributed by atoms with Gasteiger partial charge >= 0.3 is 0 Å². The average Bonchev–Trinajstić information content (AvgIpc) is 2.61. The molecule has 1 saturated carbocycles. The second-order valence-corrected chi connectivity index (χ2v) is 6.47. The molecule has 5 nitrogen and oxygen atoms in total. The number of carbonyl (C=O) groups excluding carboxylic acids is 1. The summed E-state index contributed by atoms with van der Waals surface area (Å²) in [7, 11) is 0. The molecule has 1 aliphatic rings. The van der Waals surface area contributed by atoms with Gasteiger partial charge in [-0.15, -0.1) is 0 Å². The van der Waals surface area contributed by atoms with Crippen molar-refractivity contribution in [1.29, 1.82) is 0 Å². The lowest BCUT2D eigenvalue weighted by molar-refractivity contribution is 0.0945. The third-order valence-electron chi connectivity index (χ3n) is 4.42. The fraction of sp³-hybridized carbons (Fsp3) is 0.421. The summed E-state index contributed by atoms with van der Waals surface area (Å²) in [6.45, 7) is 1.96. The van der Waals surface area contributed by atoms with E-state index in [9.17, 15) is 9.18 Å². The molecule has 1 aromatic heterocycles. The highest BCUT2D eigenvalue weighted by molar-refractivity contribution is 5.92. The maximum atomic E-state index is 13.6. The van der Waals surface area contributed by atoms with E-state index >= 15 is 0 Å². The van der Waals surface area contributed by atoms with E-state index in [1.54, 1.807) is 24.3 Å². The minimum absolute atomic E-state index is 0.125. The smallest absolute Gasteiger partial charge is 0.270 e. The molecule has 0 bridgehead atoms. The van der Waals surface area contributed by atoms with Gasteiger partial charge in [0.1, 0.15) is 11.5 Å². The maximum Gasteiger partial charge on any atom is 0.270 e. The second kappa shape index (κ2) is 8.05. The lowest BCUT2D eigenvalue weighted by atomic mass is 9.96. The number of nitrogens with one attached hydrogen (secondary N) is 2. The molecule has 3 rings (SSSR count). The second-order valence-electron chi connectivity index (χ2n) is 6.47. The van der Waals surface area contributed by atoms with Crippen molar-refractivity contribution in [2.45, 2.75) is 51.6 Å². The summed E-state index contributed by atoms with van der Waals surface area (Å²) in [4.78, 5) is 21.1. The molecule has 2 aromatic rings. The maximum absolute atomic E-state index is 13.6. The summed E-state index contributed by atoms with van der Waals surface area (Å²) < 4.78 is 13.6. The van der Waals surface area contributed by atoms with Crippen LogP contribution < -0.4 is 10.6 Å². The highest BCUT2D eigenvalue weighted by atomic mass is 19.1. The molecular weight excluding hydrogens is 319 g/mol. The van der Waals surface area contributed by atoms with Crippen LogP contribution in [0.5, 0.6) is 0 Å². The van der Waals surface area contributed by atoms with Crippen molar-refractivity contribution in [2.24, 2.45) is 0 Å². The molecule has 1 fully saturated rings. The molecule has 0 saturated heterocycles. The fourth-order valence-electron chi connectivity index (χ4n) is 3.09. The van der Waals surface area contributed by atoms with Crippen LogP contribution in [0.15, 0.2) is 30.3 Å². The largest absolute Gasteiger partial charge is 0.351 e. The van der Waals surface area contributed by atoms with E-state index in [1.807, 2.05) is 6.92 Å². The van der Waals surface area contributed by atoms with Gasteiger partial charge in [0.15, 0.2) is 0 Å². The standard InChI is InChI=1S/C19H23FN4O/c1-13-11-17(18(25)21-12-14-7-5-6-10-16(14)20)24-19(22-13)23-15-8-3-2-4-9-15/h5-7,10-11,15H,2-4,8-9,12H2,1H3,(H,21,25)(H,22,23,24).